The monoisotopic (exact) mass is 188 g/mol. The summed E-state index contributed by atoms with van der Waals surface area (Å²) in [5, 5.41) is 9.71. The summed E-state index contributed by atoms with van der Waals surface area (Å²) in [5.41, 5.74) is 0.791. The molecule has 0 amide bonds. The Labute approximate surface area is 85.8 Å². The van der Waals surface area contributed by atoms with Gasteiger partial charge in [-0.15, -0.1) is 0 Å². The van der Waals surface area contributed by atoms with Gasteiger partial charge in [-0.2, -0.15) is 0 Å². The summed E-state index contributed by atoms with van der Waals surface area (Å²) in [6.45, 7) is 6.08. The Balaban J connectivity index is 2.76. The Morgan fingerprint density at radius 3 is 2.21 bits per heavy atom. The van der Waals surface area contributed by atoms with Crippen LogP contribution in [0.4, 0.5) is 0 Å². The molecule has 74 valence electrons. The van der Waals surface area contributed by atoms with Crippen LogP contribution in [-0.2, 0) is 0 Å². The molecule has 0 aliphatic carbocycles. The van der Waals surface area contributed by atoms with E-state index in [-0.39, 0.29) is 5.41 Å². The lowest BCUT2D eigenvalue weighted by molar-refractivity contribution is 0.238. The molecule has 0 spiro atoms. The van der Waals surface area contributed by atoms with Gasteiger partial charge in [0, 0.05) is 5.41 Å². The van der Waals surface area contributed by atoms with Crippen molar-refractivity contribution in [2.24, 2.45) is 5.41 Å². The van der Waals surface area contributed by atoms with Crippen molar-refractivity contribution in [3.63, 3.8) is 0 Å². The summed E-state index contributed by atoms with van der Waals surface area (Å²) in [4.78, 5) is 0. The van der Waals surface area contributed by atoms with Gasteiger partial charge in [0.25, 0.3) is 0 Å². The van der Waals surface area contributed by atoms with Crippen LogP contribution in [0.2, 0.25) is 0 Å². The van der Waals surface area contributed by atoms with Gasteiger partial charge in [0.2, 0.25) is 0 Å². The van der Waals surface area contributed by atoms with Crippen molar-refractivity contribution in [3.05, 3.63) is 35.9 Å². The van der Waals surface area contributed by atoms with E-state index in [9.17, 15) is 5.11 Å². The quantitative estimate of drug-likeness (QED) is 0.672. The molecule has 0 aromatic heterocycles. The zero-order valence-corrected chi connectivity index (χ0v) is 8.91. The summed E-state index contributed by atoms with van der Waals surface area (Å²) in [6, 6.07) is 9.48. The van der Waals surface area contributed by atoms with Crippen LogP contribution in [0.15, 0.2) is 30.3 Å². The Morgan fingerprint density at radius 1 is 1.14 bits per heavy atom. The largest absolute Gasteiger partial charge is 0.376 e. The maximum Gasteiger partial charge on any atom is 0.140 e. The van der Waals surface area contributed by atoms with Crippen molar-refractivity contribution in [2.75, 3.05) is 0 Å². The van der Waals surface area contributed by atoms with E-state index < -0.39 is 6.10 Å². The first kappa shape index (κ1) is 10.8. The lowest BCUT2D eigenvalue weighted by Crippen LogP contribution is -2.01. The van der Waals surface area contributed by atoms with Crippen LogP contribution in [0.5, 0.6) is 0 Å². The molecule has 0 radical (unpaired) electrons. The second-order valence-corrected chi connectivity index (χ2v) is 4.33. The zero-order chi connectivity index (χ0) is 10.6. The van der Waals surface area contributed by atoms with Crippen LogP contribution in [0.3, 0.4) is 0 Å². The third kappa shape index (κ3) is 3.64. The molecule has 0 unspecified atom stereocenters. The van der Waals surface area contributed by atoms with Crippen molar-refractivity contribution in [1.29, 1.82) is 0 Å². The molecule has 0 saturated carbocycles. The molecule has 1 rings (SSSR count). The van der Waals surface area contributed by atoms with E-state index in [4.69, 9.17) is 0 Å². The molecule has 1 aromatic carbocycles. The van der Waals surface area contributed by atoms with Crippen molar-refractivity contribution in [2.45, 2.75) is 26.9 Å². The Kier molecular flexibility index (Phi) is 3.33. The van der Waals surface area contributed by atoms with Gasteiger partial charge in [-0.1, -0.05) is 42.2 Å². The topological polar surface area (TPSA) is 20.2 Å². The summed E-state index contributed by atoms with van der Waals surface area (Å²) < 4.78 is 0. The van der Waals surface area contributed by atoms with Gasteiger partial charge >= 0.3 is 0 Å². The molecular formula is C13H16O. The van der Waals surface area contributed by atoms with Gasteiger partial charge in [0.05, 0.1) is 0 Å². The molecule has 14 heavy (non-hydrogen) atoms. The van der Waals surface area contributed by atoms with Crippen LogP contribution >= 0.6 is 0 Å². The first-order valence-corrected chi connectivity index (χ1v) is 4.75. The Morgan fingerprint density at radius 2 is 1.71 bits per heavy atom. The smallest absolute Gasteiger partial charge is 0.140 e. The fraction of sp³-hybridized carbons (Fsp3) is 0.385. The summed E-state index contributed by atoms with van der Waals surface area (Å²) in [7, 11) is 0. The minimum Gasteiger partial charge on any atom is -0.376 e. The number of hydrogen-bond donors (Lipinski definition) is 1. The predicted molar refractivity (Wildman–Crippen MR) is 58.6 cm³/mol. The van der Waals surface area contributed by atoms with Gasteiger partial charge in [-0.05, 0) is 26.3 Å². The summed E-state index contributed by atoms with van der Waals surface area (Å²) in [6.07, 6.45) is -0.671. The second-order valence-electron chi connectivity index (χ2n) is 4.33. The molecule has 0 aliphatic rings. The standard InChI is InChI=1S/C13H16O/c1-13(2,3)10-9-12(14)11-7-5-4-6-8-11/h4-8,12,14H,1-3H3/t12-/m0/s1. The number of rotatable bonds is 1. The average Bonchev–Trinajstić information content (AvgIpc) is 2.14. The SMILES string of the molecule is CC(C)(C)C#C[C@H](O)c1ccccc1. The molecule has 1 nitrogen and oxygen atoms in total. The third-order valence-electron chi connectivity index (χ3n) is 1.70. The number of hydrogen-bond acceptors (Lipinski definition) is 1. The number of benzene rings is 1. The van der Waals surface area contributed by atoms with Gasteiger partial charge in [0.1, 0.15) is 6.10 Å². The summed E-state index contributed by atoms with van der Waals surface area (Å²) in [5.74, 6) is 5.86. The van der Waals surface area contributed by atoms with Gasteiger partial charge in [-0.3, -0.25) is 0 Å². The molecule has 0 heterocycles. The maximum absolute atomic E-state index is 9.71. The maximum atomic E-state index is 9.71. The number of aliphatic hydroxyl groups is 1. The zero-order valence-electron chi connectivity index (χ0n) is 8.91. The average molecular weight is 188 g/mol. The van der Waals surface area contributed by atoms with Gasteiger partial charge in [-0.25, -0.2) is 0 Å². The Hall–Kier alpha value is -1.26. The van der Waals surface area contributed by atoms with Crippen LogP contribution in [0, 0.1) is 17.3 Å². The van der Waals surface area contributed by atoms with Crippen molar-refractivity contribution < 1.29 is 5.11 Å². The number of aliphatic hydroxyl groups excluding tert-OH is 1. The predicted octanol–water partition coefficient (Wildman–Crippen LogP) is 2.77. The summed E-state index contributed by atoms with van der Waals surface area (Å²) >= 11 is 0. The molecular weight excluding hydrogens is 172 g/mol. The first-order chi connectivity index (χ1) is 6.49. The van der Waals surface area contributed by atoms with Crippen LogP contribution in [-0.4, -0.2) is 5.11 Å². The van der Waals surface area contributed by atoms with Crippen molar-refractivity contribution in [1.82, 2.24) is 0 Å². The van der Waals surface area contributed by atoms with E-state index in [0.717, 1.165) is 5.56 Å². The molecule has 1 atom stereocenters. The lowest BCUT2D eigenvalue weighted by Gasteiger charge is -2.08. The highest BCUT2D eigenvalue weighted by molar-refractivity contribution is 5.25. The lowest BCUT2D eigenvalue weighted by atomic mass is 9.97. The van der Waals surface area contributed by atoms with E-state index in [1.165, 1.54) is 0 Å². The molecule has 1 heteroatoms. The minimum absolute atomic E-state index is 0.0598. The Bertz CT molecular complexity index is 335. The fourth-order valence-corrected chi connectivity index (χ4v) is 1.00. The van der Waals surface area contributed by atoms with E-state index in [2.05, 4.69) is 11.8 Å². The van der Waals surface area contributed by atoms with E-state index in [1.54, 1.807) is 0 Å². The fourth-order valence-electron chi connectivity index (χ4n) is 1.00. The first-order valence-electron chi connectivity index (χ1n) is 4.75. The molecule has 1 N–H and O–H groups in total. The molecule has 0 bridgehead atoms. The molecule has 0 saturated heterocycles. The van der Waals surface area contributed by atoms with E-state index in [0.29, 0.717) is 0 Å². The highest BCUT2D eigenvalue weighted by atomic mass is 16.3. The highest BCUT2D eigenvalue weighted by Crippen LogP contribution is 2.14. The molecule has 0 fully saturated rings. The molecule has 1 aromatic rings. The van der Waals surface area contributed by atoms with E-state index in [1.807, 2.05) is 51.1 Å². The third-order valence-corrected chi connectivity index (χ3v) is 1.70. The van der Waals surface area contributed by atoms with Crippen LogP contribution in [0.1, 0.15) is 32.4 Å². The molecule has 0 aliphatic heterocycles. The highest BCUT2D eigenvalue weighted by Gasteiger charge is 2.06. The van der Waals surface area contributed by atoms with Crippen LogP contribution < -0.4 is 0 Å². The normalized spacial score (nSPS) is 12.9. The second kappa shape index (κ2) is 4.30. The minimum atomic E-state index is -0.671. The van der Waals surface area contributed by atoms with Crippen molar-refractivity contribution >= 4 is 0 Å². The van der Waals surface area contributed by atoms with E-state index >= 15 is 0 Å². The van der Waals surface area contributed by atoms with Crippen LogP contribution in [0.25, 0.3) is 0 Å². The van der Waals surface area contributed by atoms with Crippen molar-refractivity contribution in [3.8, 4) is 11.8 Å². The van der Waals surface area contributed by atoms with Gasteiger partial charge < -0.3 is 5.11 Å². The van der Waals surface area contributed by atoms with Gasteiger partial charge in [0.15, 0.2) is 0 Å².